The molecule has 1 aromatic heterocycles. The van der Waals surface area contributed by atoms with E-state index in [1.807, 2.05) is 0 Å². The first-order valence-corrected chi connectivity index (χ1v) is 7.92. The minimum atomic E-state index is -0.319. The lowest BCUT2D eigenvalue weighted by Crippen LogP contribution is -2.12. The number of carbonyl (C=O) groups is 1. The van der Waals surface area contributed by atoms with E-state index in [1.165, 1.54) is 19.2 Å². The highest BCUT2D eigenvalue weighted by molar-refractivity contribution is 6.04. The Morgan fingerprint density at radius 3 is 2.73 bits per heavy atom. The number of nitrogens with zero attached hydrogens (tertiary/aromatic N) is 1. The van der Waals surface area contributed by atoms with Crippen molar-refractivity contribution >= 4 is 11.6 Å². The van der Waals surface area contributed by atoms with Crippen molar-refractivity contribution in [3.05, 3.63) is 83.9 Å². The van der Waals surface area contributed by atoms with Gasteiger partial charge in [-0.1, -0.05) is 12.1 Å². The van der Waals surface area contributed by atoms with Crippen LogP contribution in [0, 0.1) is 5.82 Å². The highest BCUT2D eigenvalue weighted by atomic mass is 19.1. The first-order chi connectivity index (χ1) is 12.7. The van der Waals surface area contributed by atoms with Gasteiger partial charge in [-0.2, -0.15) is 0 Å². The molecule has 0 saturated carbocycles. The standard InChI is InChI=1S/C20H17FN2O3/c1-25-19-11-15(20(24)23-17-6-3-9-22-12-17)7-8-18(19)26-13-14-4-2-5-16(21)10-14/h2-12H,13H2,1H3,(H,23,24). The summed E-state index contributed by atoms with van der Waals surface area (Å²) in [6.07, 6.45) is 3.19. The molecule has 0 fully saturated rings. The molecule has 3 aromatic rings. The van der Waals surface area contributed by atoms with Gasteiger partial charge in [0.25, 0.3) is 5.91 Å². The quantitative estimate of drug-likeness (QED) is 0.727. The Bertz CT molecular complexity index is 901. The van der Waals surface area contributed by atoms with Gasteiger partial charge in [0.1, 0.15) is 12.4 Å². The number of anilines is 1. The van der Waals surface area contributed by atoms with Crippen molar-refractivity contribution < 1.29 is 18.7 Å². The molecular formula is C20H17FN2O3. The molecule has 0 unspecified atom stereocenters. The fourth-order valence-corrected chi connectivity index (χ4v) is 2.36. The monoisotopic (exact) mass is 352 g/mol. The Balaban J connectivity index is 1.71. The molecule has 1 heterocycles. The number of hydrogen-bond acceptors (Lipinski definition) is 4. The van der Waals surface area contributed by atoms with Crippen molar-refractivity contribution in [2.75, 3.05) is 12.4 Å². The maximum Gasteiger partial charge on any atom is 0.255 e. The van der Waals surface area contributed by atoms with Crippen LogP contribution in [0.1, 0.15) is 15.9 Å². The molecule has 1 N–H and O–H groups in total. The van der Waals surface area contributed by atoms with Crippen molar-refractivity contribution in [1.82, 2.24) is 4.98 Å². The van der Waals surface area contributed by atoms with Crippen molar-refractivity contribution in [3.63, 3.8) is 0 Å². The molecule has 132 valence electrons. The SMILES string of the molecule is COc1cc(C(=O)Nc2cccnc2)ccc1OCc1cccc(F)c1. The van der Waals surface area contributed by atoms with Crippen LogP contribution in [-0.4, -0.2) is 18.0 Å². The third kappa shape index (κ3) is 4.36. The van der Waals surface area contributed by atoms with Gasteiger partial charge in [0.2, 0.25) is 0 Å². The molecule has 1 amide bonds. The molecule has 3 rings (SSSR count). The summed E-state index contributed by atoms with van der Waals surface area (Å²) < 4.78 is 24.2. The van der Waals surface area contributed by atoms with Gasteiger partial charge in [0, 0.05) is 11.8 Å². The second-order valence-corrected chi connectivity index (χ2v) is 5.48. The van der Waals surface area contributed by atoms with Gasteiger partial charge >= 0.3 is 0 Å². The molecule has 0 aliphatic carbocycles. The lowest BCUT2D eigenvalue weighted by Gasteiger charge is -2.12. The number of nitrogens with one attached hydrogen (secondary N) is 1. The van der Waals surface area contributed by atoms with E-state index in [-0.39, 0.29) is 18.3 Å². The average molecular weight is 352 g/mol. The van der Waals surface area contributed by atoms with E-state index < -0.39 is 0 Å². The smallest absolute Gasteiger partial charge is 0.255 e. The molecule has 5 nitrogen and oxygen atoms in total. The zero-order valence-corrected chi connectivity index (χ0v) is 14.1. The highest BCUT2D eigenvalue weighted by Crippen LogP contribution is 2.29. The number of ether oxygens (including phenoxy) is 2. The molecule has 0 radical (unpaired) electrons. The molecule has 0 spiro atoms. The van der Waals surface area contributed by atoms with Gasteiger partial charge in [0.15, 0.2) is 11.5 Å². The minimum Gasteiger partial charge on any atom is -0.493 e. The number of methoxy groups -OCH3 is 1. The van der Waals surface area contributed by atoms with E-state index in [0.29, 0.717) is 28.3 Å². The number of rotatable bonds is 6. The van der Waals surface area contributed by atoms with Gasteiger partial charge in [-0.05, 0) is 48.0 Å². The summed E-state index contributed by atoms with van der Waals surface area (Å²) in [5, 5.41) is 2.75. The highest BCUT2D eigenvalue weighted by Gasteiger charge is 2.12. The van der Waals surface area contributed by atoms with E-state index >= 15 is 0 Å². The predicted octanol–water partition coefficient (Wildman–Crippen LogP) is 4.06. The van der Waals surface area contributed by atoms with E-state index in [4.69, 9.17) is 9.47 Å². The van der Waals surface area contributed by atoms with Crippen molar-refractivity contribution in [1.29, 1.82) is 0 Å². The molecule has 26 heavy (non-hydrogen) atoms. The molecule has 0 aliphatic rings. The summed E-state index contributed by atoms with van der Waals surface area (Å²) in [6.45, 7) is 0.190. The number of amides is 1. The van der Waals surface area contributed by atoms with Crippen LogP contribution in [0.4, 0.5) is 10.1 Å². The lowest BCUT2D eigenvalue weighted by atomic mass is 10.2. The van der Waals surface area contributed by atoms with Crippen LogP contribution in [0.2, 0.25) is 0 Å². The molecule has 0 bridgehead atoms. The summed E-state index contributed by atoms with van der Waals surface area (Å²) >= 11 is 0. The van der Waals surface area contributed by atoms with Crippen LogP contribution in [0.25, 0.3) is 0 Å². The average Bonchev–Trinajstić information content (AvgIpc) is 2.67. The largest absolute Gasteiger partial charge is 0.493 e. The van der Waals surface area contributed by atoms with Gasteiger partial charge in [-0.15, -0.1) is 0 Å². The molecule has 0 saturated heterocycles. The van der Waals surface area contributed by atoms with E-state index in [1.54, 1.807) is 54.9 Å². The zero-order chi connectivity index (χ0) is 18.4. The Hall–Kier alpha value is -3.41. The second kappa shape index (κ2) is 8.11. The predicted molar refractivity (Wildman–Crippen MR) is 95.9 cm³/mol. The number of hydrogen-bond donors (Lipinski definition) is 1. The van der Waals surface area contributed by atoms with Crippen molar-refractivity contribution in [3.8, 4) is 11.5 Å². The molecule has 0 atom stereocenters. The summed E-state index contributed by atoms with van der Waals surface area (Å²) in [7, 11) is 1.49. The number of aromatic nitrogens is 1. The van der Waals surface area contributed by atoms with Gasteiger partial charge in [-0.25, -0.2) is 4.39 Å². The zero-order valence-electron chi connectivity index (χ0n) is 14.1. The number of benzene rings is 2. The Kier molecular flexibility index (Phi) is 5.43. The van der Waals surface area contributed by atoms with E-state index in [0.717, 1.165) is 0 Å². The Morgan fingerprint density at radius 2 is 2.00 bits per heavy atom. The third-order valence-electron chi connectivity index (χ3n) is 3.63. The van der Waals surface area contributed by atoms with Crippen LogP contribution in [0.15, 0.2) is 67.0 Å². The number of carbonyl (C=O) groups excluding carboxylic acids is 1. The van der Waals surface area contributed by atoms with Gasteiger partial charge in [-0.3, -0.25) is 9.78 Å². The van der Waals surface area contributed by atoms with Crippen LogP contribution < -0.4 is 14.8 Å². The summed E-state index contributed by atoms with van der Waals surface area (Å²) in [6, 6.07) is 14.5. The maximum atomic E-state index is 13.2. The van der Waals surface area contributed by atoms with Gasteiger partial charge in [0.05, 0.1) is 19.0 Å². The normalized spacial score (nSPS) is 10.2. The van der Waals surface area contributed by atoms with Crippen LogP contribution >= 0.6 is 0 Å². The molecule has 6 heteroatoms. The number of halogens is 1. The number of pyridine rings is 1. The first kappa shape index (κ1) is 17.4. The van der Waals surface area contributed by atoms with Crippen LogP contribution in [0.3, 0.4) is 0 Å². The first-order valence-electron chi connectivity index (χ1n) is 7.92. The third-order valence-corrected chi connectivity index (χ3v) is 3.63. The molecule has 2 aromatic carbocycles. The van der Waals surface area contributed by atoms with Crippen LogP contribution in [0.5, 0.6) is 11.5 Å². The lowest BCUT2D eigenvalue weighted by molar-refractivity contribution is 0.102. The molecule has 0 aliphatic heterocycles. The summed E-state index contributed by atoms with van der Waals surface area (Å²) in [5.74, 6) is 0.281. The topological polar surface area (TPSA) is 60.5 Å². The Labute approximate surface area is 150 Å². The second-order valence-electron chi connectivity index (χ2n) is 5.48. The summed E-state index contributed by atoms with van der Waals surface area (Å²) in [4.78, 5) is 16.3. The van der Waals surface area contributed by atoms with Crippen molar-refractivity contribution in [2.45, 2.75) is 6.61 Å². The fraction of sp³-hybridized carbons (Fsp3) is 0.100. The van der Waals surface area contributed by atoms with Crippen molar-refractivity contribution in [2.24, 2.45) is 0 Å². The van der Waals surface area contributed by atoms with E-state index in [2.05, 4.69) is 10.3 Å². The molecular weight excluding hydrogens is 335 g/mol. The van der Waals surface area contributed by atoms with Gasteiger partial charge < -0.3 is 14.8 Å². The summed E-state index contributed by atoms with van der Waals surface area (Å²) in [5.41, 5.74) is 1.72. The Morgan fingerprint density at radius 1 is 1.12 bits per heavy atom. The van der Waals surface area contributed by atoms with Crippen LogP contribution in [-0.2, 0) is 6.61 Å². The fourth-order valence-electron chi connectivity index (χ4n) is 2.36. The van der Waals surface area contributed by atoms with E-state index in [9.17, 15) is 9.18 Å². The minimum absolute atomic E-state index is 0.190. The maximum absolute atomic E-state index is 13.2.